The van der Waals surface area contributed by atoms with Crippen molar-refractivity contribution in [3.8, 4) is 11.3 Å². The van der Waals surface area contributed by atoms with Gasteiger partial charge in [0.25, 0.3) is 0 Å². The highest BCUT2D eigenvalue weighted by atomic mass is 19.4. The minimum Gasteiger partial charge on any atom is -0.352 e. The van der Waals surface area contributed by atoms with Gasteiger partial charge in [-0.15, -0.1) is 0 Å². The fourth-order valence-corrected chi connectivity index (χ4v) is 3.87. The molecule has 1 fully saturated rings. The molecule has 0 bridgehead atoms. The van der Waals surface area contributed by atoms with Gasteiger partial charge in [-0.25, -0.2) is 8.78 Å². The molecule has 3 aromatic rings. The highest BCUT2D eigenvalue weighted by Crippen LogP contribution is 2.48. The average Bonchev–Trinajstić information content (AvgIpc) is 2.94. The molecule has 0 spiro atoms. The molecular formula is C20H17F5N2. The second-order valence-electron chi connectivity index (χ2n) is 7.07. The molecule has 0 unspecified atom stereocenters. The second-order valence-corrected chi connectivity index (χ2v) is 7.07. The molecule has 1 aliphatic rings. The van der Waals surface area contributed by atoms with Crippen molar-refractivity contribution in [1.82, 2.24) is 4.98 Å². The zero-order valence-corrected chi connectivity index (χ0v) is 14.2. The molecule has 4 rings (SSSR count). The molecule has 7 heteroatoms. The summed E-state index contributed by atoms with van der Waals surface area (Å²) < 4.78 is 67.3. The van der Waals surface area contributed by atoms with E-state index in [1.165, 1.54) is 24.3 Å². The van der Waals surface area contributed by atoms with Crippen LogP contribution in [0.2, 0.25) is 0 Å². The molecule has 1 heterocycles. The fraction of sp³-hybridized carbons (Fsp3) is 0.300. The topological polar surface area (TPSA) is 41.8 Å². The molecule has 3 N–H and O–H groups in total. The third-order valence-corrected chi connectivity index (χ3v) is 5.34. The summed E-state index contributed by atoms with van der Waals surface area (Å²) in [6.45, 7) is 0.507. The van der Waals surface area contributed by atoms with Crippen LogP contribution in [0, 0.1) is 17.6 Å². The first-order valence-corrected chi connectivity index (χ1v) is 8.66. The number of rotatable bonds is 3. The molecule has 1 saturated carbocycles. The van der Waals surface area contributed by atoms with Crippen LogP contribution < -0.4 is 5.73 Å². The SMILES string of the molecule is NCC1CC(c2c(-c3ccc(F)cc3)[nH]c3c(F)cc(C(F)(F)F)cc23)C1. The molecule has 0 atom stereocenters. The summed E-state index contributed by atoms with van der Waals surface area (Å²) in [5.74, 6) is -1.09. The highest BCUT2D eigenvalue weighted by Gasteiger charge is 2.36. The number of nitrogens with one attached hydrogen (secondary N) is 1. The zero-order valence-electron chi connectivity index (χ0n) is 14.2. The van der Waals surface area contributed by atoms with Crippen LogP contribution in [0.5, 0.6) is 0 Å². The Morgan fingerprint density at radius 2 is 1.70 bits per heavy atom. The largest absolute Gasteiger partial charge is 0.416 e. The smallest absolute Gasteiger partial charge is 0.352 e. The van der Waals surface area contributed by atoms with Crippen molar-refractivity contribution >= 4 is 10.9 Å². The molecule has 1 aliphatic carbocycles. The van der Waals surface area contributed by atoms with Gasteiger partial charge in [0.1, 0.15) is 11.6 Å². The lowest BCUT2D eigenvalue weighted by atomic mass is 9.70. The van der Waals surface area contributed by atoms with E-state index < -0.39 is 23.4 Å². The Hall–Kier alpha value is -2.41. The number of hydrogen-bond donors (Lipinski definition) is 2. The highest BCUT2D eigenvalue weighted by molar-refractivity contribution is 5.92. The van der Waals surface area contributed by atoms with Crippen LogP contribution in [0.3, 0.4) is 0 Å². The van der Waals surface area contributed by atoms with Gasteiger partial charge < -0.3 is 10.7 Å². The first-order chi connectivity index (χ1) is 12.8. The molecule has 142 valence electrons. The first-order valence-electron chi connectivity index (χ1n) is 8.66. The summed E-state index contributed by atoms with van der Waals surface area (Å²) in [6, 6.07) is 7.10. The van der Waals surface area contributed by atoms with Crippen molar-refractivity contribution in [2.45, 2.75) is 24.9 Å². The van der Waals surface area contributed by atoms with Gasteiger partial charge in [-0.2, -0.15) is 13.2 Å². The maximum absolute atomic E-state index is 14.5. The fourth-order valence-electron chi connectivity index (χ4n) is 3.87. The van der Waals surface area contributed by atoms with Crippen molar-refractivity contribution in [2.24, 2.45) is 11.7 Å². The Kier molecular flexibility index (Phi) is 4.22. The van der Waals surface area contributed by atoms with Crippen molar-refractivity contribution in [2.75, 3.05) is 6.54 Å². The lowest BCUT2D eigenvalue weighted by Gasteiger charge is -2.35. The van der Waals surface area contributed by atoms with E-state index in [9.17, 15) is 22.0 Å². The van der Waals surface area contributed by atoms with Gasteiger partial charge in [0, 0.05) is 5.39 Å². The number of aromatic amines is 1. The van der Waals surface area contributed by atoms with E-state index in [0.29, 0.717) is 35.3 Å². The van der Waals surface area contributed by atoms with E-state index in [0.717, 1.165) is 18.9 Å². The van der Waals surface area contributed by atoms with Gasteiger partial charge in [-0.3, -0.25) is 0 Å². The van der Waals surface area contributed by atoms with E-state index >= 15 is 0 Å². The van der Waals surface area contributed by atoms with Crippen molar-refractivity contribution in [1.29, 1.82) is 0 Å². The van der Waals surface area contributed by atoms with E-state index in [1.54, 1.807) is 0 Å². The van der Waals surface area contributed by atoms with Crippen LogP contribution in [-0.2, 0) is 6.18 Å². The molecular weight excluding hydrogens is 363 g/mol. The molecule has 0 radical (unpaired) electrons. The Morgan fingerprint density at radius 1 is 1.04 bits per heavy atom. The lowest BCUT2D eigenvalue weighted by molar-refractivity contribution is -0.137. The molecule has 0 amide bonds. The van der Waals surface area contributed by atoms with Crippen molar-refractivity contribution in [3.05, 3.63) is 59.2 Å². The van der Waals surface area contributed by atoms with Gasteiger partial charge >= 0.3 is 6.18 Å². The Balaban J connectivity index is 1.94. The third-order valence-electron chi connectivity index (χ3n) is 5.34. The summed E-state index contributed by atoms with van der Waals surface area (Å²) in [5, 5.41) is 0.224. The van der Waals surface area contributed by atoms with Crippen LogP contribution in [0.4, 0.5) is 22.0 Å². The zero-order chi connectivity index (χ0) is 19.3. The number of aromatic nitrogens is 1. The van der Waals surface area contributed by atoms with E-state index in [1.807, 2.05) is 0 Å². The number of alkyl halides is 3. The summed E-state index contributed by atoms with van der Waals surface area (Å²) >= 11 is 0. The van der Waals surface area contributed by atoms with Gasteiger partial charge in [-0.1, -0.05) is 0 Å². The minimum atomic E-state index is -4.64. The van der Waals surface area contributed by atoms with Gasteiger partial charge in [0.2, 0.25) is 0 Å². The predicted octanol–water partition coefficient (Wildman–Crippen LogP) is 5.58. The molecule has 27 heavy (non-hydrogen) atoms. The lowest BCUT2D eigenvalue weighted by Crippen LogP contribution is -2.28. The Labute approximate surface area is 152 Å². The second kappa shape index (κ2) is 6.34. The van der Waals surface area contributed by atoms with E-state index in [4.69, 9.17) is 5.73 Å². The monoisotopic (exact) mass is 380 g/mol. The van der Waals surface area contributed by atoms with Crippen molar-refractivity contribution < 1.29 is 22.0 Å². The number of halogens is 5. The quantitative estimate of drug-likeness (QED) is 0.572. The molecule has 0 saturated heterocycles. The number of benzene rings is 2. The number of H-pyrrole nitrogens is 1. The number of fused-ring (bicyclic) bond motifs is 1. The van der Waals surface area contributed by atoms with Crippen LogP contribution >= 0.6 is 0 Å². The summed E-state index contributed by atoms with van der Waals surface area (Å²) in [6.07, 6.45) is -3.18. The van der Waals surface area contributed by atoms with E-state index in [2.05, 4.69) is 4.98 Å². The number of nitrogens with two attached hydrogens (primary N) is 1. The van der Waals surface area contributed by atoms with Crippen LogP contribution in [-0.4, -0.2) is 11.5 Å². The standard InChI is InChI=1S/C20H17F5N2/c21-14-3-1-11(2-4-14)18-17(12-5-10(6-12)9-26)15-7-13(20(23,24)25)8-16(22)19(15)27-18/h1-4,7-8,10,12,27H,5-6,9,26H2. The average molecular weight is 380 g/mol. The molecule has 0 aliphatic heterocycles. The molecule has 2 aromatic carbocycles. The third kappa shape index (κ3) is 3.10. The van der Waals surface area contributed by atoms with Crippen LogP contribution in [0.25, 0.3) is 22.2 Å². The summed E-state index contributed by atoms with van der Waals surface area (Å²) in [7, 11) is 0. The minimum absolute atomic E-state index is 0.0183. The normalized spacial score (nSPS) is 20.1. The maximum Gasteiger partial charge on any atom is 0.416 e. The van der Waals surface area contributed by atoms with Gasteiger partial charge in [0.05, 0.1) is 16.8 Å². The molecule has 2 nitrogen and oxygen atoms in total. The maximum atomic E-state index is 14.5. The summed E-state index contributed by atoms with van der Waals surface area (Å²) in [4.78, 5) is 2.93. The Bertz CT molecular complexity index is 982. The summed E-state index contributed by atoms with van der Waals surface area (Å²) in [5.41, 5.74) is 6.47. The Morgan fingerprint density at radius 3 is 2.30 bits per heavy atom. The molecule has 1 aromatic heterocycles. The van der Waals surface area contributed by atoms with Crippen LogP contribution in [0.15, 0.2) is 36.4 Å². The first kappa shape index (κ1) is 18.0. The van der Waals surface area contributed by atoms with E-state index in [-0.39, 0.29) is 16.8 Å². The number of hydrogen-bond acceptors (Lipinski definition) is 1. The predicted molar refractivity (Wildman–Crippen MR) is 93.2 cm³/mol. The van der Waals surface area contributed by atoms with Crippen LogP contribution in [0.1, 0.15) is 29.9 Å². The van der Waals surface area contributed by atoms with Crippen molar-refractivity contribution in [3.63, 3.8) is 0 Å². The van der Waals surface area contributed by atoms with Gasteiger partial charge in [-0.05, 0) is 78.7 Å². The van der Waals surface area contributed by atoms with Gasteiger partial charge in [0.15, 0.2) is 0 Å².